The van der Waals surface area contributed by atoms with Crippen molar-refractivity contribution >= 4 is 44.0 Å². The summed E-state index contributed by atoms with van der Waals surface area (Å²) in [5.41, 5.74) is 12.4. The molecule has 0 saturated carbocycles. The van der Waals surface area contributed by atoms with Crippen LogP contribution in [0.1, 0.15) is 25.3 Å². The second kappa shape index (κ2) is 12.1. The minimum atomic E-state index is -0.0185. The van der Waals surface area contributed by atoms with Gasteiger partial charge in [0.05, 0.1) is 11.7 Å². The van der Waals surface area contributed by atoms with Gasteiger partial charge in [0.1, 0.15) is 11.9 Å². The molecule has 0 N–H and O–H groups in total. The van der Waals surface area contributed by atoms with E-state index in [0.29, 0.717) is 5.92 Å². The molecule has 3 atom stereocenters. The molecular formula is C50H38N2O. The molecule has 6 aromatic rings. The number of para-hydroxylation sites is 1. The van der Waals surface area contributed by atoms with Crippen LogP contribution in [0.25, 0.3) is 43.7 Å². The Labute approximate surface area is 309 Å². The second-order valence-corrected chi connectivity index (χ2v) is 14.7. The van der Waals surface area contributed by atoms with E-state index in [9.17, 15) is 0 Å². The van der Waals surface area contributed by atoms with Gasteiger partial charge in [-0.25, -0.2) is 0 Å². The van der Waals surface area contributed by atoms with Crippen LogP contribution in [0.2, 0.25) is 0 Å². The van der Waals surface area contributed by atoms with Crippen molar-refractivity contribution < 1.29 is 4.74 Å². The van der Waals surface area contributed by atoms with Crippen molar-refractivity contribution in [2.24, 2.45) is 5.92 Å². The molecule has 53 heavy (non-hydrogen) atoms. The van der Waals surface area contributed by atoms with Crippen molar-refractivity contribution in [1.29, 1.82) is 0 Å². The Balaban J connectivity index is 0.986. The van der Waals surface area contributed by atoms with E-state index < -0.39 is 0 Å². The summed E-state index contributed by atoms with van der Waals surface area (Å²) in [6.07, 6.45) is 28.0. The van der Waals surface area contributed by atoms with Crippen molar-refractivity contribution in [3.8, 4) is 11.1 Å². The van der Waals surface area contributed by atoms with Crippen molar-refractivity contribution in [2.75, 3.05) is 4.90 Å². The molecule has 254 valence electrons. The van der Waals surface area contributed by atoms with Crippen LogP contribution in [0.4, 0.5) is 11.4 Å². The first-order chi connectivity index (χ1) is 26.3. The van der Waals surface area contributed by atoms with Crippen LogP contribution in [0.5, 0.6) is 0 Å². The zero-order chi connectivity index (χ0) is 34.9. The average molecular weight is 683 g/mol. The van der Waals surface area contributed by atoms with Gasteiger partial charge in [-0.05, 0) is 77.4 Å². The molecule has 3 heteroatoms. The molecule has 3 nitrogen and oxygen atoms in total. The Morgan fingerprint density at radius 2 is 1.53 bits per heavy atom. The van der Waals surface area contributed by atoms with E-state index in [0.717, 1.165) is 30.7 Å². The summed E-state index contributed by atoms with van der Waals surface area (Å²) >= 11 is 0. The third-order valence-corrected chi connectivity index (χ3v) is 11.7. The first-order valence-electron chi connectivity index (χ1n) is 18.9. The zero-order valence-corrected chi connectivity index (χ0v) is 29.4. The number of anilines is 2. The number of nitrogens with zero attached hydrogens (tertiary/aromatic N) is 2. The lowest BCUT2D eigenvalue weighted by Crippen LogP contribution is -2.26. The highest BCUT2D eigenvalue weighted by atomic mass is 16.5. The van der Waals surface area contributed by atoms with Gasteiger partial charge in [-0.3, -0.25) is 0 Å². The summed E-state index contributed by atoms with van der Waals surface area (Å²) in [6, 6.07) is 40.4. The van der Waals surface area contributed by atoms with Gasteiger partial charge in [0.2, 0.25) is 0 Å². The molecule has 0 saturated heterocycles. The average Bonchev–Trinajstić information content (AvgIpc) is 3.77. The van der Waals surface area contributed by atoms with Crippen molar-refractivity contribution in [1.82, 2.24) is 4.57 Å². The number of hydrogen-bond donors (Lipinski definition) is 0. The Morgan fingerprint density at radius 1 is 0.698 bits per heavy atom. The van der Waals surface area contributed by atoms with Crippen molar-refractivity contribution in [3.63, 3.8) is 0 Å². The predicted octanol–water partition coefficient (Wildman–Crippen LogP) is 12.7. The van der Waals surface area contributed by atoms with Crippen LogP contribution >= 0.6 is 0 Å². The SMILES string of the molecule is C1=CC2=CC(N(c3ccc(-c4ccc5c(c4)c4ccccc4n5C4C=CC=C5C6=C(CCC=C6)OC54)cc3)c3cccc4ccccc34)=CCC2C=C1. The molecule has 0 fully saturated rings. The smallest absolute Gasteiger partial charge is 0.148 e. The molecule has 3 unspecified atom stereocenters. The predicted molar refractivity (Wildman–Crippen MR) is 220 cm³/mol. The monoisotopic (exact) mass is 682 g/mol. The lowest BCUT2D eigenvalue weighted by atomic mass is 9.87. The lowest BCUT2D eigenvalue weighted by molar-refractivity contribution is 0.128. The third-order valence-electron chi connectivity index (χ3n) is 11.7. The van der Waals surface area contributed by atoms with E-state index in [1.807, 2.05) is 0 Å². The van der Waals surface area contributed by atoms with Gasteiger partial charge in [-0.15, -0.1) is 0 Å². The van der Waals surface area contributed by atoms with E-state index in [1.165, 1.54) is 71.8 Å². The summed E-state index contributed by atoms with van der Waals surface area (Å²) in [5.74, 6) is 1.59. The molecule has 5 aliphatic rings. The molecule has 0 radical (unpaired) electrons. The van der Waals surface area contributed by atoms with Gasteiger partial charge in [0.15, 0.2) is 0 Å². The zero-order valence-electron chi connectivity index (χ0n) is 29.4. The second-order valence-electron chi connectivity index (χ2n) is 14.7. The van der Waals surface area contributed by atoms with Crippen molar-refractivity contribution in [3.05, 3.63) is 204 Å². The Hall–Kier alpha value is -6.32. The van der Waals surface area contributed by atoms with Gasteiger partial charge in [-0.1, -0.05) is 134 Å². The fourth-order valence-corrected chi connectivity index (χ4v) is 9.17. The van der Waals surface area contributed by atoms with Gasteiger partial charge >= 0.3 is 0 Å². The summed E-state index contributed by atoms with van der Waals surface area (Å²) in [4.78, 5) is 2.44. The minimum Gasteiger partial charge on any atom is -0.487 e. The van der Waals surface area contributed by atoms with E-state index in [2.05, 4.69) is 185 Å². The third kappa shape index (κ3) is 4.88. The minimum absolute atomic E-state index is 0.0185. The normalized spacial score (nSPS) is 21.3. The highest BCUT2D eigenvalue weighted by Crippen LogP contribution is 2.46. The van der Waals surface area contributed by atoms with Crippen LogP contribution < -0.4 is 4.90 Å². The molecule has 5 aromatic carbocycles. The fourth-order valence-electron chi connectivity index (χ4n) is 9.17. The topological polar surface area (TPSA) is 17.4 Å². The first kappa shape index (κ1) is 30.3. The van der Waals surface area contributed by atoms with Crippen LogP contribution in [-0.4, -0.2) is 10.7 Å². The van der Waals surface area contributed by atoms with Gasteiger partial charge < -0.3 is 14.2 Å². The maximum atomic E-state index is 6.72. The molecule has 1 aliphatic heterocycles. The quantitative estimate of drug-likeness (QED) is 0.180. The maximum Gasteiger partial charge on any atom is 0.148 e. The molecule has 0 bridgehead atoms. The van der Waals surface area contributed by atoms with Crippen molar-refractivity contribution in [2.45, 2.75) is 31.4 Å². The molecular weight excluding hydrogens is 645 g/mol. The van der Waals surface area contributed by atoms with Gasteiger partial charge in [0.25, 0.3) is 0 Å². The molecule has 11 rings (SSSR count). The fraction of sp³-hybridized carbons (Fsp3) is 0.120. The first-order valence-corrected chi connectivity index (χ1v) is 18.9. The summed E-state index contributed by atoms with van der Waals surface area (Å²) in [6.45, 7) is 0. The Bertz CT molecular complexity index is 2740. The summed E-state index contributed by atoms with van der Waals surface area (Å²) in [7, 11) is 0. The lowest BCUT2D eigenvalue weighted by Gasteiger charge is -2.31. The van der Waals surface area contributed by atoms with Gasteiger partial charge in [-0.2, -0.15) is 0 Å². The molecule has 1 aromatic heterocycles. The van der Waals surface area contributed by atoms with Crippen LogP contribution in [0.3, 0.4) is 0 Å². The van der Waals surface area contributed by atoms with E-state index in [1.54, 1.807) is 0 Å². The maximum absolute atomic E-state index is 6.72. The molecule has 2 heterocycles. The summed E-state index contributed by atoms with van der Waals surface area (Å²) < 4.78 is 9.23. The summed E-state index contributed by atoms with van der Waals surface area (Å²) in [5, 5.41) is 5.02. The number of aromatic nitrogens is 1. The number of rotatable bonds is 5. The van der Waals surface area contributed by atoms with Crippen LogP contribution in [-0.2, 0) is 4.74 Å². The number of allylic oxidation sites excluding steroid dienone is 12. The van der Waals surface area contributed by atoms with Crippen LogP contribution in [0, 0.1) is 5.92 Å². The molecule has 0 amide bonds. The highest BCUT2D eigenvalue weighted by Gasteiger charge is 2.38. The number of fused-ring (bicyclic) bond motifs is 7. The number of hydrogen-bond acceptors (Lipinski definition) is 2. The highest BCUT2D eigenvalue weighted by molar-refractivity contribution is 6.09. The largest absolute Gasteiger partial charge is 0.487 e. The Kier molecular flexibility index (Phi) is 6.94. The van der Waals surface area contributed by atoms with Gasteiger partial charge in [0, 0.05) is 62.1 Å². The standard InChI is InChI=1S/C50H38N2O/c1-2-13-36-31-39(29-25-33(36)11-1)51(45-20-9-14-35-12-3-4-15-40(35)45)38-27-23-34(24-28-38)37-26-30-47-44(32-37)41-16-5-7-19-46(41)52(47)48-21-10-18-43-42-17-6-8-22-49(42)53-50(43)48/h1-7,9-21,23-24,26-33,48,50H,8,22,25H2. The van der Waals surface area contributed by atoms with E-state index in [-0.39, 0.29) is 12.1 Å². The Morgan fingerprint density at radius 3 is 2.47 bits per heavy atom. The van der Waals surface area contributed by atoms with E-state index in [4.69, 9.17) is 4.74 Å². The number of ether oxygens (including phenoxy) is 1. The molecule has 0 spiro atoms. The van der Waals surface area contributed by atoms with Crippen LogP contribution in [0.15, 0.2) is 204 Å². The van der Waals surface area contributed by atoms with E-state index >= 15 is 0 Å². The molecule has 4 aliphatic carbocycles. The number of benzene rings is 5.